The Morgan fingerprint density at radius 1 is 1.12 bits per heavy atom. The molecular weight excluding hydrogens is 328 g/mol. The van der Waals surface area contributed by atoms with Gasteiger partial charge in [-0.25, -0.2) is 4.98 Å². The molecule has 0 aliphatic carbocycles. The second-order valence-electron chi connectivity index (χ2n) is 5.94. The van der Waals surface area contributed by atoms with E-state index < -0.39 is 0 Å². The fraction of sp³-hybridized carbons (Fsp3) is 0.0500. The summed E-state index contributed by atoms with van der Waals surface area (Å²) in [5.74, 6) is -0.145. The smallest absolute Gasteiger partial charge is 0.260 e. The highest BCUT2D eigenvalue weighted by Crippen LogP contribution is 2.30. The van der Waals surface area contributed by atoms with Crippen molar-refractivity contribution in [3.05, 3.63) is 77.5 Å². The molecule has 0 bridgehead atoms. The lowest BCUT2D eigenvalue weighted by Crippen LogP contribution is -2.07. The lowest BCUT2D eigenvalue weighted by atomic mass is 10.1. The molecule has 0 unspecified atom stereocenters. The monoisotopic (exact) mass is 344 g/mol. The maximum atomic E-state index is 12.5. The average Bonchev–Trinajstić information content (AvgIpc) is 3.03. The molecule has 2 aromatic heterocycles. The molecule has 2 aromatic carbocycles. The van der Waals surface area contributed by atoms with Gasteiger partial charge in [0.25, 0.3) is 5.56 Å². The lowest BCUT2D eigenvalue weighted by Gasteiger charge is -2.05. The molecular formula is C20H16N4O2. The second-order valence-corrected chi connectivity index (χ2v) is 5.94. The van der Waals surface area contributed by atoms with Gasteiger partial charge in [0.05, 0.1) is 11.7 Å². The van der Waals surface area contributed by atoms with Crippen LogP contribution in [0, 0.1) is 0 Å². The van der Waals surface area contributed by atoms with Gasteiger partial charge < -0.3 is 14.9 Å². The third kappa shape index (κ3) is 2.77. The van der Waals surface area contributed by atoms with E-state index >= 15 is 0 Å². The SMILES string of the molecule is CC(=O)Nc1cccc(-c2cn(-c3ccccc3)c3nc[nH]c(=O)c23)c1. The highest BCUT2D eigenvalue weighted by Gasteiger charge is 2.16. The number of carbonyl (C=O) groups excluding carboxylic acids is 1. The van der Waals surface area contributed by atoms with Crippen molar-refractivity contribution in [1.29, 1.82) is 0 Å². The Morgan fingerprint density at radius 3 is 2.69 bits per heavy atom. The third-order valence-corrected chi connectivity index (χ3v) is 4.12. The van der Waals surface area contributed by atoms with E-state index in [0.717, 1.165) is 16.8 Å². The zero-order valence-corrected chi connectivity index (χ0v) is 14.1. The van der Waals surface area contributed by atoms with Gasteiger partial charge in [-0.1, -0.05) is 30.3 Å². The molecule has 0 aliphatic heterocycles. The third-order valence-electron chi connectivity index (χ3n) is 4.12. The highest BCUT2D eigenvalue weighted by molar-refractivity contribution is 5.96. The molecule has 0 spiro atoms. The van der Waals surface area contributed by atoms with Gasteiger partial charge in [-0.15, -0.1) is 0 Å². The minimum absolute atomic E-state index is 0.145. The number of carbonyl (C=O) groups is 1. The van der Waals surface area contributed by atoms with Gasteiger partial charge in [0.15, 0.2) is 5.65 Å². The standard InChI is InChI=1S/C20H16N4O2/c1-13(25)23-15-7-5-6-14(10-15)17-11-24(16-8-3-2-4-9-16)19-18(17)20(26)22-12-21-19/h2-12H,1H3,(H,23,25)(H,21,22,26). The number of rotatable bonds is 3. The molecule has 128 valence electrons. The number of H-pyrrole nitrogens is 1. The Bertz CT molecular complexity index is 1160. The van der Waals surface area contributed by atoms with E-state index in [9.17, 15) is 9.59 Å². The quantitative estimate of drug-likeness (QED) is 0.598. The molecule has 0 saturated carbocycles. The van der Waals surface area contributed by atoms with Crippen molar-refractivity contribution in [1.82, 2.24) is 14.5 Å². The van der Waals surface area contributed by atoms with Gasteiger partial charge in [-0.05, 0) is 29.8 Å². The van der Waals surface area contributed by atoms with E-state index in [1.807, 2.05) is 65.4 Å². The zero-order valence-electron chi connectivity index (χ0n) is 14.1. The summed E-state index contributed by atoms with van der Waals surface area (Å²) >= 11 is 0. The Balaban J connectivity index is 1.97. The normalized spacial score (nSPS) is 10.8. The van der Waals surface area contributed by atoms with Crippen molar-refractivity contribution in [2.24, 2.45) is 0 Å². The highest BCUT2D eigenvalue weighted by atomic mass is 16.1. The number of nitrogens with zero attached hydrogens (tertiary/aromatic N) is 2. The number of aromatic nitrogens is 3. The molecule has 0 radical (unpaired) electrons. The largest absolute Gasteiger partial charge is 0.326 e. The van der Waals surface area contributed by atoms with Crippen LogP contribution >= 0.6 is 0 Å². The summed E-state index contributed by atoms with van der Waals surface area (Å²) < 4.78 is 1.89. The molecule has 4 rings (SSSR count). The van der Waals surface area contributed by atoms with E-state index in [-0.39, 0.29) is 11.5 Å². The van der Waals surface area contributed by atoms with E-state index in [2.05, 4.69) is 15.3 Å². The Kier molecular flexibility index (Phi) is 3.85. The fourth-order valence-electron chi connectivity index (χ4n) is 3.04. The van der Waals surface area contributed by atoms with Crippen LogP contribution in [0.5, 0.6) is 0 Å². The first-order chi connectivity index (χ1) is 12.6. The molecule has 6 heteroatoms. The van der Waals surface area contributed by atoms with Crippen LogP contribution in [0.25, 0.3) is 27.8 Å². The minimum atomic E-state index is -0.204. The lowest BCUT2D eigenvalue weighted by molar-refractivity contribution is -0.114. The second kappa shape index (κ2) is 6.33. The van der Waals surface area contributed by atoms with E-state index in [4.69, 9.17) is 0 Å². The van der Waals surface area contributed by atoms with Crippen LogP contribution in [0.3, 0.4) is 0 Å². The summed E-state index contributed by atoms with van der Waals surface area (Å²) in [7, 11) is 0. The number of aromatic amines is 1. The van der Waals surface area contributed by atoms with Crippen molar-refractivity contribution < 1.29 is 4.79 Å². The predicted octanol–water partition coefficient (Wildman–Crippen LogP) is 3.34. The van der Waals surface area contributed by atoms with Gasteiger partial charge in [0.2, 0.25) is 5.91 Å². The van der Waals surface area contributed by atoms with Gasteiger partial charge in [-0.2, -0.15) is 0 Å². The number of hydrogen-bond acceptors (Lipinski definition) is 3. The molecule has 1 amide bonds. The van der Waals surface area contributed by atoms with Crippen molar-refractivity contribution >= 4 is 22.6 Å². The van der Waals surface area contributed by atoms with Crippen molar-refractivity contribution in [2.45, 2.75) is 6.92 Å². The number of amides is 1. The topological polar surface area (TPSA) is 79.8 Å². The van der Waals surface area contributed by atoms with Gasteiger partial charge in [0, 0.05) is 30.1 Å². The molecule has 2 heterocycles. The Morgan fingerprint density at radius 2 is 1.92 bits per heavy atom. The first-order valence-electron chi connectivity index (χ1n) is 8.15. The molecule has 4 aromatic rings. The van der Waals surface area contributed by atoms with E-state index in [0.29, 0.717) is 16.7 Å². The molecule has 0 aliphatic rings. The van der Waals surface area contributed by atoms with Crippen molar-refractivity contribution in [2.75, 3.05) is 5.32 Å². The van der Waals surface area contributed by atoms with Gasteiger partial charge >= 0.3 is 0 Å². The van der Waals surface area contributed by atoms with Crippen LogP contribution in [0.1, 0.15) is 6.92 Å². The number of nitrogens with one attached hydrogen (secondary N) is 2. The van der Waals surface area contributed by atoms with Crippen LogP contribution in [0.4, 0.5) is 5.69 Å². The van der Waals surface area contributed by atoms with Crippen molar-refractivity contribution in [3.8, 4) is 16.8 Å². The Hall–Kier alpha value is -3.67. The Labute approximate surface area is 149 Å². The van der Waals surface area contributed by atoms with Crippen LogP contribution in [0.2, 0.25) is 0 Å². The number of benzene rings is 2. The van der Waals surface area contributed by atoms with Gasteiger partial charge in [0.1, 0.15) is 0 Å². The number of fused-ring (bicyclic) bond motifs is 1. The van der Waals surface area contributed by atoms with E-state index in [1.54, 1.807) is 0 Å². The van der Waals surface area contributed by atoms with Gasteiger partial charge in [-0.3, -0.25) is 9.59 Å². The molecule has 0 fully saturated rings. The number of para-hydroxylation sites is 1. The van der Waals surface area contributed by atoms with Crippen LogP contribution in [-0.4, -0.2) is 20.4 Å². The number of hydrogen-bond donors (Lipinski definition) is 2. The summed E-state index contributed by atoms with van der Waals surface area (Å²) in [6.45, 7) is 1.46. The summed E-state index contributed by atoms with van der Waals surface area (Å²) in [5.41, 5.74) is 3.56. The first kappa shape index (κ1) is 15.8. The summed E-state index contributed by atoms with van der Waals surface area (Å²) in [5, 5.41) is 3.28. The molecule has 26 heavy (non-hydrogen) atoms. The number of anilines is 1. The molecule has 6 nitrogen and oxygen atoms in total. The summed E-state index contributed by atoms with van der Waals surface area (Å²) in [4.78, 5) is 30.9. The van der Waals surface area contributed by atoms with Crippen LogP contribution in [-0.2, 0) is 4.79 Å². The molecule has 0 saturated heterocycles. The molecule has 2 N–H and O–H groups in total. The fourth-order valence-corrected chi connectivity index (χ4v) is 3.04. The minimum Gasteiger partial charge on any atom is -0.326 e. The van der Waals surface area contributed by atoms with Crippen LogP contribution < -0.4 is 10.9 Å². The average molecular weight is 344 g/mol. The first-order valence-corrected chi connectivity index (χ1v) is 8.15. The predicted molar refractivity (Wildman–Crippen MR) is 101 cm³/mol. The van der Waals surface area contributed by atoms with E-state index in [1.165, 1.54) is 13.3 Å². The summed E-state index contributed by atoms with van der Waals surface area (Å²) in [6, 6.07) is 17.1. The maximum absolute atomic E-state index is 12.5. The van der Waals surface area contributed by atoms with Crippen LogP contribution in [0.15, 0.2) is 71.9 Å². The van der Waals surface area contributed by atoms with Crippen molar-refractivity contribution in [3.63, 3.8) is 0 Å². The summed E-state index contributed by atoms with van der Waals surface area (Å²) in [6.07, 6.45) is 3.30. The maximum Gasteiger partial charge on any atom is 0.260 e. The molecule has 0 atom stereocenters. The zero-order chi connectivity index (χ0) is 18.1.